The number of para-hydroxylation sites is 2. The van der Waals surface area contributed by atoms with Gasteiger partial charge in [-0.2, -0.15) is 0 Å². The van der Waals surface area contributed by atoms with Gasteiger partial charge < -0.3 is 4.74 Å². The van der Waals surface area contributed by atoms with Crippen LogP contribution in [0, 0.1) is 5.41 Å². The van der Waals surface area contributed by atoms with Crippen LogP contribution in [-0.4, -0.2) is 20.9 Å². The molecule has 1 aromatic carbocycles. The van der Waals surface area contributed by atoms with Crippen molar-refractivity contribution < 1.29 is 9.53 Å². The zero-order chi connectivity index (χ0) is 18.9. The monoisotopic (exact) mass is 359 g/mol. The summed E-state index contributed by atoms with van der Waals surface area (Å²) >= 11 is 0. The average molecular weight is 359 g/mol. The van der Waals surface area contributed by atoms with Gasteiger partial charge in [0, 0.05) is 11.6 Å². The van der Waals surface area contributed by atoms with Crippen LogP contribution in [0.3, 0.4) is 0 Å². The van der Waals surface area contributed by atoms with Crippen molar-refractivity contribution in [1.82, 2.24) is 15.0 Å². The van der Waals surface area contributed by atoms with Crippen molar-refractivity contribution in [1.29, 1.82) is 0 Å². The number of pyridine rings is 1. The van der Waals surface area contributed by atoms with Gasteiger partial charge in [-0.25, -0.2) is 9.97 Å². The number of ether oxygens (including phenoxy) is 1. The van der Waals surface area contributed by atoms with E-state index < -0.39 is 5.41 Å². The molecule has 0 amide bonds. The Morgan fingerprint density at radius 2 is 1.67 bits per heavy atom. The zero-order valence-corrected chi connectivity index (χ0v) is 15.7. The van der Waals surface area contributed by atoms with Crippen LogP contribution in [0.5, 0.6) is 5.75 Å². The molecule has 1 fully saturated rings. The largest absolute Gasteiger partial charge is 0.424 e. The number of rotatable bonds is 2. The summed E-state index contributed by atoms with van der Waals surface area (Å²) in [5, 5.41) is 0. The van der Waals surface area contributed by atoms with Gasteiger partial charge >= 0.3 is 5.97 Å². The van der Waals surface area contributed by atoms with Gasteiger partial charge in [0.25, 0.3) is 0 Å². The van der Waals surface area contributed by atoms with Crippen molar-refractivity contribution in [2.24, 2.45) is 5.41 Å². The van der Waals surface area contributed by atoms with E-state index in [1.165, 1.54) is 0 Å². The average Bonchev–Trinajstić information content (AvgIpc) is 2.97. The smallest absolute Gasteiger partial charge is 0.324 e. The van der Waals surface area contributed by atoms with Gasteiger partial charge in [0.1, 0.15) is 11.2 Å². The summed E-state index contributed by atoms with van der Waals surface area (Å²) in [6.07, 6.45) is 4.84. The number of esters is 1. The van der Waals surface area contributed by atoms with E-state index in [4.69, 9.17) is 14.7 Å². The van der Waals surface area contributed by atoms with E-state index in [0.29, 0.717) is 5.75 Å². The molecule has 0 radical (unpaired) electrons. The molecule has 0 aliphatic heterocycles. The molecule has 0 spiro atoms. The van der Waals surface area contributed by atoms with Gasteiger partial charge in [-0.3, -0.25) is 9.78 Å². The maximum absolute atomic E-state index is 13.5. The third-order valence-corrected chi connectivity index (χ3v) is 7.14. The first kappa shape index (κ1) is 16.4. The number of nitrogens with zero attached hydrogens (tertiary/aromatic N) is 3. The summed E-state index contributed by atoms with van der Waals surface area (Å²) in [6, 6.07) is 11.4. The lowest BCUT2D eigenvalue weighted by atomic mass is 9.64. The molecule has 5 rings (SSSR count). The second-order valence-corrected chi connectivity index (χ2v) is 8.35. The SMILES string of the molecule is CC1(C)[C@]2(C(=O)Oc3cccnc3)CC[C@]1(C)c1nc3ccccc3nc12. The quantitative estimate of drug-likeness (QED) is 0.648. The Bertz CT molecular complexity index is 1080. The lowest BCUT2D eigenvalue weighted by Crippen LogP contribution is -2.48. The molecule has 0 unspecified atom stereocenters. The molecule has 2 heterocycles. The number of hydrogen-bond acceptors (Lipinski definition) is 5. The second-order valence-electron chi connectivity index (χ2n) is 8.35. The first-order valence-corrected chi connectivity index (χ1v) is 9.30. The fourth-order valence-electron chi connectivity index (χ4n) is 5.10. The molecule has 2 aliphatic rings. The molecule has 1 saturated carbocycles. The van der Waals surface area contributed by atoms with E-state index in [1.807, 2.05) is 24.3 Å². The Kier molecular flexibility index (Phi) is 3.10. The summed E-state index contributed by atoms with van der Waals surface area (Å²) < 4.78 is 5.80. The highest BCUT2D eigenvalue weighted by Gasteiger charge is 2.74. The molecule has 5 heteroatoms. The van der Waals surface area contributed by atoms with Crippen molar-refractivity contribution in [2.75, 3.05) is 0 Å². The van der Waals surface area contributed by atoms with Crippen LogP contribution in [0.25, 0.3) is 11.0 Å². The molecular weight excluding hydrogens is 338 g/mol. The Labute approximate surface area is 157 Å². The molecule has 2 aliphatic carbocycles. The molecular formula is C22H21N3O2. The van der Waals surface area contributed by atoms with Crippen molar-refractivity contribution in [3.63, 3.8) is 0 Å². The first-order chi connectivity index (χ1) is 12.9. The minimum atomic E-state index is -0.802. The van der Waals surface area contributed by atoms with Crippen LogP contribution in [0.4, 0.5) is 0 Å². The number of fused-ring (bicyclic) bond motifs is 6. The first-order valence-electron chi connectivity index (χ1n) is 9.30. The fraction of sp³-hybridized carbons (Fsp3) is 0.364. The second kappa shape index (κ2) is 5.12. The van der Waals surface area contributed by atoms with Gasteiger partial charge in [0.2, 0.25) is 0 Å². The Morgan fingerprint density at radius 1 is 0.963 bits per heavy atom. The van der Waals surface area contributed by atoms with Crippen molar-refractivity contribution >= 4 is 17.0 Å². The summed E-state index contributed by atoms with van der Waals surface area (Å²) in [6.45, 7) is 6.51. The minimum absolute atomic E-state index is 0.215. The third kappa shape index (κ3) is 1.84. The maximum Gasteiger partial charge on any atom is 0.324 e. The summed E-state index contributed by atoms with van der Waals surface area (Å²) in [4.78, 5) is 27.5. The maximum atomic E-state index is 13.5. The highest BCUT2D eigenvalue weighted by Crippen LogP contribution is 2.70. The summed E-state index contributed by atoms with van der Waals surface area (Å²) in [7, 11) is 0. The predicted octanol–water partition coefficient (Wildman–Crippen LogP) is 3.96. The predicted molar refractivity (Wildman–Crippen MR) is 101 cm³/mol. The van der Waals surface area contributed by atoms with Crippen molar-refractivity contribution in [3.05, 3.63) is 60.2 Å². The highest BCUT2D eigenvalue weighted by atomic mass is 16.5. The van der Waals surface area contributed by atoms with Gasteiger partial charge in [0.05, 0.1) is 28.6 Å². The molecule has 136 valence electrons. The molecule has 0 N–H and O–H groups in total. The standard InChI is InChI=1S/C22H21N3O2/c1-20(2)21(3)10-11-22(20,19(26)27-14-7-6-12-23-13-14)18-17(21)24-15-8-4-5-9-16(15)25-18/h4-9,12-13H,10-11H2,1-3H3/t21-,22-/m1/s1. The van der Waals surface area contributed by atoms with Gasteiger partial charge in [0.15, 0.2) is 0 Å². The minimum Gasteiger partial charge on any atom is -0.424 e. The molecule has 2 aromatic heterocycles. The third-order valence-electron chi connectivity index (χ3n) is 7.14. The molecule has 27 heavy (non-hydrogen) atoms. The fourth-order valence-corrected chi connectivity index (χ4v) is 5.10. The Hall–Kier alpha value is -2.82. The van der Waals surface area contributed by atoms with Crippen LogP contribution in [0.15, 0.2) is 48.8 Å². The van der Waals surface area contributed by atoms with E-state index in [9.17, 15) is 4.79 Å². The lowest BCUT2D eigenvalue weighted by Gasteiger charge is -2.38. The number of hydrogen-bond donors (Lipinski definition) is 0. The van der Waals surface area contributed by atoms with Crippen molar-refractivity contribution in [3.8, 4) is 5.75 Å². The molecule has 3 aromatic rings. The van der Waals surface area contributed by atoms with E-state index in [-0.39, 0.29) is 16.8 Å². The van der Waals surface area contributed by atoms with Crippen LogP contribution in [-0.2, 0) is 15.6 Å². The van der Waals surface area contributed by atoms with E-state index in [2.05, 4.69) is 25.8 Å². The topological polar surface area (TPSA) is 65.0 Å². The molecule has 5 nitrogen and oxygen atoms in total. The normalized spacial score (nSPS) is 27.5. The van der Waals surface area contributed by atoms with Crippen LogP contribution < -0.4 is 4.74 Å². The zero-order valence-electron chi connectivity index (χ0n) is 15.7. The van der Waals surface area contributed by atoms with Crippen LogP contribution in [0.1, 0.15) is 45.0 Å². The van der Waals surface area contributed by atoms with E-state index in [0.717, 1.165) is 35.3 Å². The van der Waals surface area contributed by atoms with E-state index in [1.54, 1.807) is 24.5 Å². The summed E-state index contributed by atoms with van der Waals surface area (Å²) in [5.74, 6) is 0.205. The summed E-state index contributed by atoms with van der Waals surface area (Å²) in [5.41, 5.74) is 2.05. The number of benzene rings is 1. The van der Waals surface area contributed by atoms with Crippen LogP contribution >= 0.6 is 0 Å². The molecule has 0 saturated heterocycles. The van der Waals surface area contributed by atoms with Crippen LogP contribution in [0.2, 0.25) is 0 Å². The lowest BCUT2D eigenvalue weighted by molar-refractivity contribution is -0.145. The molecule has 2 atom stereocenters. The van der Waals surface area contributed by atoms with Gasteiger partial charge in [-0.05, 0) is 42.5 Å². The molecule has 2 bridgehead atoms. The van der Waals surface area contributed by atoms with Gasteiger partial charge in [-0.15, -0.1) is 0 Å². The number of carbonyl (C=O) groups is 1. The van der Waals surface area contributed by atoms with Crippen molar-refractivity contribution in [2.45, 2.75) is 44.4 Å². The number of carbonyl (C=O) groups excluding carboxylic acids is 1. The highest BCUT2D eigenvalue weighted by molar-refractivity contribution is 5.90. The van der Waals surface area contributed by atoms with E-state index >= 15 is 0 Å². The number of aromatic nitrogens is 3. The Morgan fingerprint density at radius 3 is 2.33 bits per heavy atom. The van der Waals surface area contributed by atoms with Gasteiger partial charge in [-0.1, -0.05) is 32.9 Å². The Balaban J connectivity index is 1.72.